The number of carbonyl (C=O) groups is 1. The van der Waals surface area contributed by atoms with E-state index in [4.69, 9.17) is 14.2 Å². The van der Waals surface area contributed by atoms with Crippen LogP contribution in [0, 0.1) is 37.5 Å². The summed E-state index contributed by atoms with van der Waals surface area (Å²) in [7, 11) is 0. The molecule has 0 heterocycles. The highest BCUT2D eigenvalue weighted by Gasteiger charge is 2.03. The van der Waals surface area contributed by atoms with Crippen molar-refractivity contribution in [3.63, 3.8) is 0 Å². The van der Waals surface area contributed by atoms with Crippen LogP contribution in [0.15, 0.2) is 86.2 Å². The molecule has 36 heavy (non-hydrogen) atoms. The highest BCUT2D eigenvalue weighted by molar-refractivity contribution is 5.81. The lowest BCUT2D eigenvalue weighted by molar-refractivity contribution is -0.138. The molecular weight excluding hydrogens is 448 g/mol. The van der Waals surface area contributed by atoms with E-state index in [1.807, 2.05) is 62.4 Å². The van der Waals surface area contributed by atoms with E-state index in [1.54, 1.807) is 0 Å². The van der Waals surface area contributed by atoms with Crippen LogP contribution in [0.4, 0.5) is 0 Å². The lowest BCUT2D eigenvalue weighted by Crippen LogP contribution is -1.99. The summed E-state index contributed by atoms with van der Waals surface area (Å²) in [6.07, 6.45) is 2.51. The minimum Gasteiger partial charge on any atom is -0.476 e. The highest BCUT2D eigenvalue weighted by Crippen LogP contribution is 2.16. The first-order valence-electron chi connectivity index (χ1n) is 11.4. The van der Waals surface area contributed by atoms with E-state index >= 15 is 0 Å². The Morgan fingerprint density at radius 1 is 0.778 bits per heavy atom. The van der Waals surface area contributed by atoms with Crippen molar-refractivity contribution in [2.75, 3.05) is 6.79 Å². The van der Waals surface area contributed by atoms with E-state index in [-0.39, 0.29) is 13.4 Å². The molecule has 0 aromatic heterocycles. The molecule has 0 radical (unpaired) electrons. The Morgan fingerprint density at radius 2 is 1.31 bits per heavy atom. The fourth-order valence-electron chi connectivity index (χ4n) is 3.35. The summed E-state index contributed by atoms with van der Waals surface area (Å²) in [5.41, 5.74) is 7.87. The Morgan fingerprint density at radius 3 is 1.86 bits per heavy atom. The molecule has 3 aromatic rings. The zero-order valence-electron chi connectivity index (χ0n) is 20.6. The molecular formula is C32H28O4. The van der Waals surface area contributed by atoms with Crippen molar-refractivity contribution in [2.24, 2.45) is 0 Å². The Kier molecular flexibility index (Phi) is 9.71. The van der Waals surface area contributed by atoms with Gasteiger partial charge in [-0.3, -0.25) is 0 Å². The summed E-state index contributed by atoms with van der Waals surface area (Å²) in [6.45, 7) is 11.8. The first kappa shape index (κ1) is 26.1. The maximum atomic E-state index is 11.2. The van der Waals surface area contributed by atoms with Crippen LogP contribution < -0.4 is 0 Å². The van der Waals surface area contributed by atoms with Crippen molar-refractivity contribution in [1.29, 1.82) is 0 Å². The lowest BCUT2D eigenvalue weighted by Gasteiger charge is -2.05. The molecule has 0 atom stereocenters. The molecule has 0 saturated carbocycles. The van der Waals surface area contributed by atoms with Gasteiger partial charge in [0.1, 0.15) is 6.61 Å². The third-order valence-corrected chi connectivity index (χ3v) is 5.21. The fraction of sp³-hybridized carbons (Fsp3) is 0.156. The third kappa shape index (κ3) is 8.06. The van der Waals surface area contributed by atoms with Crippen LogP contribution in [-0.2, 0) is 32.2 Å². The molecule has 4 nitrogen and oxygen atoms in total. The van der Waals surface area contributed by atoms with Crippen LogP contribution in [-0.4, -0.2) is 12.8 Å². The van der Waals surface area contributed by atoms with Gasteiger partial charge in [-0.1, -0.05) is 61.1 Å². The number of ether oxygens (including phenoxy) is 3. The van der Waals surface area contributed by atoms with Gasteiger partial charge in [-0.05, 0) is 72.5 Å². The zero-order chi connectivity index (χ0) is 25.8. The van der Waals surface area contributed by atoms with Crippen molar-refractivity contribution >= 4 is 5.97 Å². The SMILES string of the molecule is C=COCOCc1ccc(C#Cc2c(C)cc(C#Cc3ccc(COC(=O)C=C)cc3)cc2C)cc1. The van der Waals surface area contributed by atoms with E-state index in [2.05, 4.69) is 49.0 Å². The molecule has 0 aliphatic carbocycles. The van der Waals surface area contributed by atoms with Crippen LogP contribution in [0.1, 0.15) is 44.5 Å². The van der Waals surface area contributed by atoms with Crippen LogP contribution in [0.5, 0.6) is 0 Å². The molecule has 0 amide bonds. The van der Waals surface area contributed by atoms with E-state index < -0.39 is 5.97 Å². The van der Waals surface area contributed by atoms with Crippen LogP contribution in [0.2, 0.25) is 0 Å². The number of benzene rings is 3. The van der Waals surface area contributed by atoms with E-state index in [0.29, 0.717) is 6.61 Å². The number of hydrogen-bond acceptors (Lipinski definition) is 4. The van der Waals surface area contributed by atoms with Crippen molar-refractivity contribution in [3.05, 3.63) is 131 Å². The molecule has 0 spiro atoms. The predicted molar refractivity (Wildman–Crippen MR) is 142 cm³/mol. The summed E-state index contributed by atoms with van der Waals surface area (Å²) >= 11 is 0. The van der Waals surface area contributed by atoms with Gasteiger partial charge >= 0.3 is 5.97 Å². The standard InChI is InChI=1S/C32H28O4/c1-5-32(33)36-22-29-14-9-26(10-15-29)11-16-30-19-24(3)31(25(4)20-30)18-17-27-7-12-28(13-8-27)21-35-23-34-6-2/h5-10,12-15,19-20H,1-2,21-23H2,3-4H3. The summed E-state index contributed by atoms with van der Waals surface area (Å²) in [5, 5.41) is 0. The van der Waals surface area contributed by atoms with Crippen molar-refractivity contribution in [1.82, 2.24) is 0 Å². The maximum Gasteiger partial charge on any atom is 0.330 e. The third-order valence-electron chi connectivity index (χ3n) is 5.21. The maximum absolute atomic E-state index is 11.2. The predicted octanol–water partition coefficient (Wildman–Crippen LogP) is 5.97. The van der Waals surface area contributed by atoms with Gasteiger partial charge in [-0.25, -0.2) is 4.79 Å². The zero-order valence-corrected chi connectivity index (χ0v) is 20.6. The Hall–Kier alpha value is -4.51. The molecule has 4 heteroatoms. The lowest BCUT2D eigenvalue weighted by atomic mass is 9.99. The van der Waals surface area contributed by atoms with Crippen LogP contribution in [0.3, 0.4) is 0 Å². The van der Waals surface area contributed by atoms with Gasteiger partial charge in [-0.2, -0.15) is 0 Å². The Balaban J connectivity index is 1.65. The molecule has 0 N–H and O–H groups in total. The second-order valence-corrected chi connectivity index (χ2v) is 7.99. The topological polar surface area (TPSA) is 44.8 Å². The summed E-state index contributed by atoms with van der Waals surface area (Å²) < 4.78 is 15.4. The first-order valence-corrected chi connectivity index (χ1v) is 11.4. The number of esters is 1. The van der Waals surface area contributed by atoms with Crippen LogP contribution in [0.25, 0.3) is 0 Å². The molecule has 0 aliphatic rings. The number of rotatable bonds is 8. The highest BCUT2D eigenvalue weighted by atomic mass is 16.7. The average Bonchev–Trinajstić information content (AvgIpc) is 2.89. The van der Waals surface area contributed by atoms with E-state index in [0.717, 1.165) is 50.6 Å². The number of aryl methyl sites for hydroxylation is 2. The van der Waals surface area contributed by atoms with Gasteiger partial charge < -0.3 is 14.2 Å². The second-order valence-electron chi connectivity index (χ2n) is 7.99. The number of hydrogen-bond donors (Lipinski definition) is 0. The van der Waals surface area contributed by atoms with Gasteiger partial charge in [0, 0.05) is 28.3 Å². The van der Waals surface area contributed by atoms with Crippen LogP contribution >= 0.6 is 0 Å². The van der Waals surface area contributed by atoms with Crippen molar-refractivity contribution in [3.8, 4) is 23.7 Å². The van der Waals surface area contributed by atoms with Crippen molar-refractivity contribution in [2.45, 2.75) is 27.1 Å². The molecule has 0 aliphatic heterocycles. The number of carbonyl (C=O) groups excluding carboxylic acids is 1. The average molecular weight is 477 g/mol. The second kappa shape index (κ2) is 13.4. The molecule has 3 aromatic carbocycles. The Labute approximate surface area is 213 Å². The van der Waals surface area contributed by atoms with Gasteiger partial charge in [0.25, 0.3) is 0 Å². The molecule has 0 unspecified atom stereocenters. The summed E-state index contributed by atoms with van der Waals surface area (Å²) in [6, 6.07) is 19.7. The van der Waals surface area contributed by atoms with Crippen molar-refractivity contribution < 1.29 is 19.0 Å². The smallest absolute Gasteiger partial charge is 0.330 e. The first-order chi connectivity index (χ1) is 17.5. The monoisotopic (exact) mass is 476 g/mol. The summed E-state index contributed by atoms with van der Waals surface area (Å²) in [5.74, 6) is 12.5. The minimum absolute atomic E-state index is 0.186. The molecule has 0 fully saturated rings. The Bertz CT molecular complexity index is 1320. The molecule has 3 rings (SSSR count). The molecule has 180 valence electrons. The largest absolute Gasteiger partial charge is 0.476 e. The van der Waals surface area contributed by atoms with Gasteiger partial charge in [0.2, 0.25) is 0 Å². The van der Waals surface area contributed by atoms with Gasteiger partial charge in [0.15, 0.2) is 6.79 Å². The van der Waals surface area contributed by atoms with Gasteiger partial charge in [-0.15, -0.1) is 0 Å². The minimum atomic E-state index is -0.438. The summed E-state index contributed by atoms with van der Waals surface area (Å²) in [4.78, 5) is 11.2. The molecule has 0 saturated heterocycles. The normalized spacial score (nSPS) is 9.72. The van der Waals surface area contributed by atoms with E-state index in [9.17, 15) is 4.79 Å². The van der Waals surface area contributed by atoms with Gasteiger partial charge in [0.05, 0.1) is 12.9 Å². The quantitative estimate of drug-likeness (QED) is 0.100. The molecule has 0 bridgehead atoms. The van der Waals surface area contributed by atoms with E-state index in [1.165, 1.54) is 6.26 Å². The fourth-order valence-corrected chi connectivity index (χ4v) is 3.35.